The topological polar surface area (TPSA) is 102 Å². The Morgan fingerprint density at radius 3 is 2.64 bits per heavy atom. The van der Waals surface area contributed by atoms with Gasteiger partial charge < -0.3 is 19.3 Å². The monoisotopic (exact) mass is 528 g/mol. The minimum Gasteiger partial charge on any atom is -0.476 e. The summed E-state index contributed by atoms with van der Waals surface area (Å²) in [6.07, 6.45) is 9.36. The van der Waals surface area contributed by atoms with E-state index in [9.17, 15) is 4.79 Å². The highest BCUT2D eigenvalue weighted by molar-refractivity contribution is 6.39. The number of nitrogens with zero attached hydrogens (tertiary/aromatic N) is 4. The van der Waals surface area contributed by atoms with E-state index < -0.39 is 5.97 Å². The van der Waals surface area contributed by atoms with Gasteiger partial charge in [0.2, 0.25) is 0 Å². The zero-order chi connectivity index (χ0) is 24.9. The van der Waals surface area contributed by atoms with Crippen molar-refractivity contribution in [1.29, 1.82) is 0 Å². The molecule has 10 heteroatoms. The molecular weight excluding hydrogens is 503 g/mol. The van der Waals surface area contributed by atoms with E-state index in [-0.39, 0.29) is 17.2 Å². The largest absolute Gasteiger partial charge is 0.476 e. The summed E-state index contributed by atoms with van der Waals surface area (Å²) in [7, 11) is 0. The number of carboxylic acids is 1. The highest BCUT2D eigenvalue weighted by Gasteiger charge is 2.47. The van der Waals surface area contributed by atoms with E-state index in [1.165, 1.54) is 6.20 Å². The standard InChI is InChI=1S/C26H26Cl2N4O4/c27-18-3-1-4-19(28)22(18)23-17(24(36-31-23)15-5-6-15)13-35-16-9-26(10-16)7-2-8-32(14-26)21-12-29-20(11-30-21)25(33)34/h1,3-4,11-12,15-16H,2,5-10,13-14H2,(H,33,34). The SMILES string of the molecule is O=C(O)c1cnc(N2CCCC3(CC(OCc4c(-c5c(Cl)cccc5Cl)noc4C4CC4)C3)C2)cn1. The number of ether oxygens (including phenoxy) is 1. The first-order chi connectivity index (χ1) is 17.4. The van der Waals surface area contributed by atoms with Gasteiger partial charge in [0, 0.05) is 30.1 Å². The number of hydrogen-bond acceptors (Lipinski definition) is 7. The Morgan fingerprint density at radius 1 is 1.19 bits per heavy atom. The normalized spacial score (nSPS) is 23.6. The van der Waals surface area contributed by atoms with Gasteiger partial charge in [-0.05, 0) is 56.1 Å². The molecule has 1 N–H and O–H groups in total. The molecule has 0 radical (unpaired) electrons. The summed E-state index contributed by atoms with van der Waals surface area (Å²) in [5.41, 5.74) is 2.46. The van der Waals surface area contributed by atoms with Gasteiger partial charge >= 0.3 is 5.97 Å². The van der Waals surface area contributed by atoms with Crippen LogP contribution in [-0.4, -0.2) is 45.4 Å². The molecule has 2 aromatic heterocycles. The molecule has 1 saturated heterocycles. The van der Waals surface area contributed by atoms with E-state index in [0.717, 1.165) is 68.8 Å². The van der Waals surface area contributed by atoms with Gasteiger partial charge in [0.25, 0.3) is 0 Å². The van der Waals surface area contributed by atoms with E-state index in [0.29, 0.717) is 33.8 Å². The van der Waals surface area contributed by atoms with Crippen molar-refractivity contribution < 1.29 is 19.2 Å². The Balaban J connectivity index is 1.13. The number of rotatable bonds is 7. The van der Waals surface area contributed by atoms with Crippen LogP contribution in [0.5, 0.6) is 0 Å². The van der Waals surface area contributed by atoms with E-state index in [1.807, 2.05) is 18.2 Å². The highest BCUT2D eigenvalue weighted by Crippen LogP contribution is 2.51. The molecule has 0 amide bonds. The van der Waals surface area contributed by atoms with Crippen LogP contribution in [0.4, 0.5) is 5.82 Å². The summed E-state index contributed by atoms with van der Waals surface area (Å²) in [5.74, 6) is 0.936. The molecule has 0 bridgehead atoms. The second kappa shape index (κ2) is 9.32. The summed E-state index contributed by atoms with van der Waals surface area (Å²) in [6, 6.07) is 5.44. The van der Waals surface area contributed by atoms with Crippen molar-refractivity contribution in [3.8, 4) is 11.3 Å². The van der Waals surface area contributed by atoms with Crippen LogP contribution in [-0.2, 0) is 11.3 Å². The van der Waals surface area contributed by atoms with Gasteiger partial charge in [-0.3, -0.25) is 0 Å². The summed E-state index contributed by atoms with van der Waals surface area (Å²) in [4.78, 5) is 21.6. The van der Waals surface area contributed by atoms with Gasteiger partial charge in [-0.15, -0.1) is 0 Å². The summed E-state index contributed by atoms with van der Waals surface area (Å²) in [6.45, 7) is 2.18. The highest BCUT2D eigenvalue weighted by atomic mass is 35.5. The molecule has 3 fully saturated rings. The summed E-state index contributed by atoms with van der Waals surface area (Å²) in [5, 5.41) is 14.5. The van der Waals surface area contributed by atoms with Crippen LogP contribution in [0, 0.1) is 5.41 Å². The van der Waals surface area contributed by atoms with Crippen LogP contribution in [0.15, 0.2) is 35.1 Å². The smallest absolute Gasteiger partial charge is 0.356 e. The number of anilines is 1. The number of benzene rings is 1. The molecule has 3 aliphatic rings. The third kappa shape index (κ3) is 4.46. The number of hydrogen-bond donors (Lipinski definition) is 1. The van der Waals surface area contributed by atoms with Crippen LogP contribution < -0.4 is 4.90 Å². The Labute approximate surface area is 218 Å². The quantitative estimate of drug-likeness (QED) is 0.399. The lowest BCUT2D eigenvalue weighted by Gasteiger charge is -2.52. The minimum atomic E-state index is -1.07. The van der Waals surface area contributed by atoms with E-state index in [1.54, 1.807) is 6.20 Å². The molecule has 1 spiro atoms. The van der Waals surface area contributed by atoms with Crippen molar-refractivity contribution in [2.45, 2.75) is 57.2 Å². The van der Waals surface area contributed by atoms with Crippen molar-refractivity contribution in [3.05, 3.63) is 57.7 Å². The van der Waals surface area contributed by atoms with E-state index >= 15 is 0 Å². The van der Waals surface area contributed by atoms with E-state index in [2.05, 4.69) is 20.0 Å². The molecule has 0 atom stereocenters. The van der Waals surface area contributed by atoms with Gasteiger partial charge in [0.1, 0.15) is 17.3 Å². The van der Waals surface area contributed by atoms with Crippen LogP contribution in [0.1, 0.15) is 66.3 Å². The van der Waals surface area contributed by atoms with Crippen molar-refractivity contribution in [1.82, 2.24) is 15.1 Å². The van der Waals surface area contributed by atoms with Gasteiger partial charge in [-0.25, -0.2) is 14.8 Å². The first-order valence-corrected chi connectivity index (χ1v) is 13.0. The van der Waals surface area contributed by atoms with Crippen molar-refractivity contribution in [2.75, 3.05) is 18.0 Å². The second-order valence-electron chi connectivity index (χ2n) is 10.2. The zero-order valence-corrected chi connectivity index (χ0v) is 21.1. The third-order valence-electron chi connectivity index (χ3n) is 7.59. The number of piperidine rings is 1. The van der Waals surface area contributed by atoms with Crippen LogP contribution in [0.3, 0.4) is 0 Å². The Hall–Kier alpha value is -2.68. The number of aromatic nitrogens is 3. The minimum absolute atomic E-state index is 0.0423. The average molecular weight is 529 g/mol. The lowest BCUT2D eigenvalue weighted by atomic mass is 9.62. The molecule has 1 aromatic carbocycles. The predicted molar refractivity (Wildman–Crippen MR) is 135 cm³/mol. The molecule has 2 saturated carbocycles. The fourth-order valence-corrected chi connectivity index (χ4v) is 6.18. The zero-order valence-electron chi connectivity index (χ0n) is 19.6. The van der Waals surface area contributed by atoms with Gasteiger partial charge in [-0.1, -0.05) is 34.4 Å². The number of aromatic carboxylic acids is 1. The molecule has 8 nitrogen and oxygen atoms in total. The number of carbonyl (C=O) groups is 1. The van der Waals surface area contributed by atoms with Crippen molar-refractivity contribution in [3.63, 3.8) is 0 Å². The van der Waals surface area contributed by atoms with Crippen molar-refractivity contribution in [2.24, 2.45) is 5.41 Å². The molecule has 3 aromatic rings. The molecule has 2 aliphatic carbocycles. The maximum atomic E-state index is 11.1. The fraction of sp³-hybridized carbons (Fsp3) is 0.462. The maximum Gasteiger partial charge on any atom is 0.356 e. The number of carboxylic acid groups (broad SMARTS) is 1. The van der Waals surface area contributed by atoms with Gasteiger partial charge in [0.15, 0.2) is 5.69 Å². The molecule has 1 aliphatic heterocycles. The maximum absolute atomic E-state index is 11.1. The Bertz CT molecular complexity index is 1270. The van der Waals surface area contributed by atoms with Gasteiger partial charge in [0.05, 0.1) is 35.1 Å². The van der Waals surface area contributed by atoms with Crippen LogP contribution in [0.25, 0.3) is 11.3 Å². The first-order valence-electron chi connectivity index (χ1n) is 12.3. The molecule has 188 valence electrons. The lowest BCUT2D eigenvalue weighted by molar-refractivity contribution is -0.0931. The lowest BCUT2D eigenvalue weighted by Crippen LogP contribution is -2.53. The second-order valence-corrected chi connectivity index (χ2v) is 11.0. The fourth-order valence-electron chi connectivity index (χ4n) is 5.61. The average Bonchev–Trinajstić information content (AvgIpc) is 3.62. The molecule has 0 unspecified atom stereocenters. The van der Waals surface area contributed by atoms with Crippen LogP contribution in [0.2, 0.25) is 10.0 Å². The number of halogens is 2. The molecule has 3 heterocycles. The van der Waals surface area contributed by atoms with Crippen molar-refractivity contribution >= 4 is 35.0 Å². The Morgan fingerprint density at radius 2 is 1.97 bits per heavy atom. The Kier molecular flexibility index (Phi) is 6.14. The predicted octanol–water partition coefficient (Wildman–Crippen LogP) is 5.98. The summed E-state index contributed by atoms with van der Waals surface area (Å²) < 4.78 is 12.2. The van der Waals surface area contributed by atoms with E-state index in [4.69, 9.17) is 37.6 Å². The first kappa shape index (κ1) is 23.7. The van der Waals surface area contributed by atoms with Gasteiger partial charge in [-0.2, -0.15) is 0 Å². The summed E-state index contributed by atoms with van der Waals surface area (Å²) >= 11 is 13.0. The molecule has 36 heavy (non-hydrogen) atoms. The third-order valence-corrected chi connectivity index (χ3v) is 8.22. The molecule has 6 rings (SSSR count). The molecular formula is C26H26Cl2N4O4. The van der Waals surface area contributed by atoms with Crippen LogP contribution >= 0.6 is 23.2 Å².